The standard InChI is InChI=1S/C31H36N4OS/c32-22-12-1-2-13-23-33-28(36)21-14-24-37-31-34-29(25-15-6-3-7-16-25)30(26-17-8-4-9-18-26)35(31)27-19-10-5-11-20-27/h3-11,15-20H,1-2,12-14,21-24,32H2,(H,33,36). The van der Waals surface area contributed by atoms with Crippen LogP contribution in [0, 0.1) is 0 Å². The molecule has 3 aromatic carbocycles. The zero-order valence-electron chi connectivity index (χ0n) is 21.3. The van der Waals surface area contributed by atoms with Gasteiger partial charge < -0.3 is 11.1 Å². The van der Waals surface area contributed by atoms with Gasteiger partial charge in [-0.1, -0.05) is 103 Å². The number of rotatable bonds is 14. The van der Waals surface area contributed by atoms with E-state index < -0.39 is 0 Å². The van der Waals surface area contributed by atoms with E-state index in [9.17, 15) is 4.79 Å². The molecule has 4 aromatic rings. The lowest BCUT2D eigenvalue weighted by molar-refractivity contribution is -0.121. The van der Waals surface area contributed by atoms with Crippen molar-refractivity contribution in [3.05, 3.63) is 91.0 Å². The summed E-state index contributed by atoms with van der Waals surface area (Å²) >= 11 is 1.71. The van der Waals surface area contributed by atoms with E-state index in [1.54, 1.807) is 11.8 Å². The largest absolute Gasteiger partial charge is 0.356 e. The third-order valence-electron chi connectivity index (χ3n) is 6.19. The predicted molar refractivity (Wildman–Crippen MR) is 155 cm³/mol. The Morgan fingerprint density at radius 3 is 2.08 bits per heavy atom. The predicted octanol–water partition coefficient (Wildman–Crippen LogP) is 6.71. The van der Waals surface area contributed by atoms with Crippen LogP contribution in [0.1, 0.15) is 38.5 Å². The van der Waals surface area contributed by atoms with Crippen LogP contribution in [0.3, 0.4) is 0 Å². The number of carbonyl (C=O) groups is 1. The van der Waals surface area contributed by atoms with Gasteiger partial charge in [0.2, 0.25) is 5.91 Å². The molecule has 0 atom stereocenters. The molecule has 1 amide bonds. The zero-order valence-corrected chi connectivity index (χ0v) is 22.1. The van der Waals surface area contributed by atoms with Gasteiger partial charge in [-0.25, -0.2) is 4.98 Å². The van der Waals surface area contributed by atoms with Gasteiger partial charge in [0.25, 0.3) is 0 Å². The topological polar surface area (TPSA) is 72.9 Å². The lowest BCUT2D eigenvalue weighted by Gasteiger charge is -2.13. The Labute approximate surface area is 224 Å². The molecule has 0 radical (unpaired) electrons. The Kier molecular flexibility index (Phi) is 10.4. The van der Waals surface area contributed by atoms with Crippen molar-refractivity contribution in [3.63, 3.8) is 0 Å². The summed E-state index contributed by atoms with van der Waals surface area (Å²) in [6.07, 6.45) is 5.64. The first-order valence-corrected chi connectivity index (χ1v) is 14.1. The number of nitrogens with zero attached hydrogens (tertiary/aromatic N) is 2. The van der Waals surface area contributed by atoms with E-state index in [1.165, 1.54) is 0 Å². The van der Waals surface area contributed by atoms with Gasteiger partial charge in [-0.2, -0.15) is 0 Å². The molecule has 1 aromatic heterocycles. The Hall–Kier alpha value is -3.35. The fraction of sp³-hybridized carbons (Fsp3) is 0.290. The van der Waals surface area contributed by atoms with Crippen molar-refractivity contribution in [2.24, 2.45) is 5.73 Å². The molecule has 0 unspecified atom stereocenters. The van der Waals surface area contributed by atoms with E-state index >= 15 is 0 Å². The molecule has 1 heterocycles. The molecule has 0 spiro atoms. The smallest absolute Gasteiger partial charge is 0.220 e. The maximum Gasteiger partial charge on any atom is 0.220 e. The number of benzene rings is 3. The summed E-state index contributed by atoms with van der Waals surface area (Å²) in [5.74, 6) is 0.941. The SMILES string of the molecule is NCCCCCCNC(=O)CCCSc1nc(-c2ccccc2)c(-c2ccccc2)n1-c1ccccc1. The number of carbonyl (C=O) groups excluding carboxylic acids is 1. The van der Waals surface area contributed by atoms with E-state index in [1.807, 2.05) is 18.2 Å². The molecular weight excluding hydrogens is 476 g/mol. The normalized spacial score (nSPS) is 10.9. The van der Waals surface area contributed by atoms with Gasteiger partial charge in [0, 0.05) is 35.5 Å². The van der Waals surface area contributed by atoms with Crippen molar-refractivity contribution in [3.8, 4) is 28.2 Å². The highest BCUT2D eigenvalue weighted by molar-refractivity contribution is 7.99. The number of thioether (sulfide) groups is 1. The van der Waals surface area contributed by atoms with Crippen molar-refractivity contribution >= 4 is 17.7 Å². The number of nitrogens with one attached hydrogen (secondary N) is 1. The Bertz CT molecular complexity index is 1230. The van der Waals surface area contributed by atoms with Gasteiger partial charge in [0.15, 0.2) is 5.16 Å². The van der Waals surface area contributed by atoms with Gasteiger partial charge in [0.05, 0.1) is 11.4 Å². The maximum atomic E-state index is 12.3. The molecule has 4 rings (SSSR count). The maximum absolute atomic E-state index is 12.3. The average molecular weight is 513 g/mol. The van der Waals surface area contributed by atoms with Crippen molar-refractivity contribution in [1.29, 1.82) is 0 Å². The molecule has 37 heavy (non-hydrogen) atoms. The highest BCUT2D eigenvalue weighted by atomic mass is 32.2. The number of nitrogens with two attached hydrogens (primary N) is 1. The second-order valence-electron chi connectivity index (χ2n) is 9.00. The fourth-order valence-corrected chi connectivity index (χ4v) is 5.26. The molecule has 3 N–H and O–H groups in total. The molecule has 0 saturated carbocycles. The number of hydrogen-bond acceptors (Lipinski definition) is 4. The van der Waals surface area contributed by atoms with Gasteiger partial charge in [0.1, 0.15) is 0 Å². The summed E-state index contributed by atoms with van der Waals surface area (Å²) in [6, 6.07) is 31.2. The second-order valence-corrected chi connectivity index (χ2v) is 10.1. The summed E-state index contributed by atoms with van der Waals surface area (Å²) in [5.41, 5.74) is 10.9. The lowest BCUT2D eigenvalue weighted by Crippen LogP contribution is -2.24. The first kappa shape index (κ1) is 26.7. The number of unbranched alkanes of at least 4 members (excludes halogenated alkanes) is 3. The molecule has 0 aliphatic heterocycles. The molecule has 192 valence electrons. The summed E-state index contributed by atoms with van der Waals surface area (Å²) < 4.78 is 2.25. The van der Waals surface area contributed by atoms with Crippen LogP contribution in [-0.4, -0.2) is 34.3 Å². The van der Waals surface area contributed by atoms with Gasteiger partial charge in [-0.15, -0.1) is 0 Å². The summed E-state index contributed by atoms with van der Waals surface area (Å²) in [5, 5.41) is 3.99. The Morgan fingerprint density at radius 1 is 0.784 bits per heavy atom. The van der Waals surface area contributed by atoms with E-state index in [2.05, 4.69) is 82.7 Å². The monoisotopic (exact) mass is 512 g/mol. The number of aromatic nitrogens is 2. The van der Waals surface area contributed by atoms with Crippen molar-refractivity contribution < 1.29 is 4.79 Å². The first-order valence-electron chi connectivity index (χ1n) is 13.2. The highest BCUT2D eigenvalue weighted by Crippen LogP contribution is 2.38. The minimum absolute atomic E-state index is 0.126. The van der Waals surface area contributed by atoms with Gasteiger partial charge in [-0.3, -0.25) is 9.36 Å². The zero-order chi connectivity index (χ0) is 25.7. The van der Waals surface area contributed by atoms with Crippen LogP contribution in [0.5, 0.6) is 0 Å². The summed E-state index contributed by atoms with van der Waals surface area (Å²) in [6.45, 7) is 1.49. The lowest BCUT2D eigenvalue weighted by atomic mass is 10.0. The Morgan fingerprint density at radius 2 is 1.41 bits per heavy atom. The molecule has 6 heteroatoms. The number of para-hydroxylation sites is 1. The van der Waals surface area contributed by atoms with Gasteiger partial charge in [-0.05, 0) is 37.9 Å². The second kappa shape index (κ2) is 14.4. The number of amides is 1. The molecule has 0 fully saturated rings. The van der Waals surface area contributed by atoms with Gasteiger partial charge >= 0.3 is 0 Å². The Balaban J connectivity index is 1.51. The molecule has 0 bridgehead atoms. The van der Waals surface area contributed by atoms with E-state index in [0.717, 1.165) is 84.3 Å². The quantitative estimate of drug-likeness (QED) is 0.145. The fourth-order valence-electron chi connectivity index (χ4n) is 4.31. The minimum atomic E-state index is 0.126. The van der Waals surface area contributed by atoms with Crippen LogP contribution in [0.2, 0.25) is 0 Å². The van der Waals surface area contributed by atoms with Crippen LogP contribution in [-0.2, 0) is 4.79 Å². The molecule has 5 nitrogen and oxygen atoms in total. The van der Waals surface area contributed by atoms with Crippen LogP contribution < -0.4 is 11.1 Å². The van der Waals surface area contributed by atoms with Crippen LogP contribution in [0.15, 0.2) is 96.2 Å². The minimum Gasteiger partial charge on any atom is -0.356 e. The van der Waals surface area contributed by atoms with Crippen LogP contribution >= 0.6 is 11.8 Å². The molecule has 0 aliphatic carbocycles. The molecule has 0 saturated heterocycles. The van der Waals surface area contributed by atoms with Crippen LogP contribution in [0.25, 0.3) is 28.2 Å². The molecule has 0 aliphatic rings. The first-order chi connectivity index (χ1) is 18.3. The summed E-state index contributed by atoms with van der Waals surface area (Å²) in [4.78, 5) is 17.5. The number of imidazole rings is 1. The highest BCUT2D eigenvalue weighted by Gasteiger charge is 2.21. The third kappa shape index (κ3) is 7.57. The number of hydrogen-bond donors (Lipinski definition) is 2. The average Bonchev–Trinajstić information content (AvgIpc) is 3.34. The van der Waals surface area contributed by atoms with E-state index in [4.69, 9.17) is 10.7 Å². The van der Waals surface area contributed by atoms with Crippen molar-refractivity contribution in [1.82, 2.24) is 14.9 Å². The van der Waals surface area contributed by atoms with Crippen LogP contribution in [0.4, 0.5) is 0 Å². The van der Waals surface area contributed by atoms with E-state index in [0.29, 0.717) is 6.42 Å². The summed E-state index contributed by atoms with van der Waals surface area (Å²) in [7, 11) is 0. The van der Waals surface area contributed by atoms with E-state index in [-0.39, 0.29) is 5.91 Å². The van der Waals surface area contributed by atoms with Crippen molar-refractivity contribution in [2.45, 2.75) is 43.7 Å². The molecular formula is C31H36N4OS. The third-order valence-corrected chi connectivity index (χ3v) is 7.21. The van der Waals surface area contributed by atoms with Crippen molar-refractivity contribution in [2.75, 3.05) is 18.8 Å².